The van der Waals surface area contributed by atoms with Gasteiger partial charge in [0.1, 0.15) is 0 Å². The second kappa shape index (κ2) is 7.39. The third kappa shape index (κ3) is 4.18. The highest BCUT2D eigenvalue weighted by atomic mass is 32.2. The van der Waals surface area contributed by atoms with Crippen molar-refractivity contribution in [3.05, 3.63) is 71.3 Å². The van der Waals surface area contributed by atoms with Gasteiger partial charge in [-0.1, -0.05) is 71.6 Å². The zero-order valence-corrected chi connectivity index (χ0v) is 14.2. The fourth-order valence-electron chi connectivity index (χ4n) is 2.03. The number of thioether (sulfide) groups is 1. The molecular weight excluding hydrogens is 326 g/mol. The molecule has 2 aromatic carbocycles. The first-order valence-electron chi connectivity index (χ1n) is 7.09. The van der Waals surface area contributed by atoms with Gasteiger partial charge in [0.25, 0.3) is 5.91 Å². The highest BCUT2D eigenvalue weighted by molar-refractivity contribution is 8.00. The molecule has 116 valence electrons. The molecule has 0 aliphatic carbocycles. The Morgan fingerprint density at radius 2 is 1.83 bits per heavy atom. The third-order valence-corrected chi connectivity index (χ3v) is 5.26. The third-order valence-electron chi connectivity index (χ3n) is 3.22. The smallest absolute Gasteiger partial charge is 0.257 e. The van der Waals surface area contributed by atoms with Gasteiger partial charge >= 0.3 is 0 Å². The van der Waals surface area contributed by atoms with Crippen molar-refractivity contribution in [2.24, 2.45) is 0 Å². The van der Waals surface area contributed by atoms with Gasteiger partial charge in [-0.15, -0.1) is 10.2 Å². The van der Waals surface area contributed by atoms with Crippen molar-refractivity contribution in [2.45, 2.75) is 17.0 Å². The summed E-state index contributed by atoms with van der Waals surface area (Å²) in [6.07, 6.45) is 0. The maximum absolute atomic E-state index is 12.2. The highest BCUT2D eigenvalue weighted by Crippen LogP contribution is 2.28. The summed E-state index contributed by atoms with van der Waals surface area (Å²) in [7, 11) is 0. The largest absolute Gasteiger partial charge is 0.296 e. The zero-order chi connectivity index (χ0) is 16.1. The predicted molar refractivity (Wildman–Crippen MR) is 95.0 cm³/mol. The zero-order valence-electron chi connectivity index (χ0n) is 12.5. The number of carbonyl (C=O) groups excluding carboxylic acids is 1. The lowest BCUT2D eigenvalue weighted by molar-refractivity contribution is 0.102. The number of amides is 1. The van der Waals surface area contributed by atoms with Crippen LogP contribution in [0.5, 0.6) is 0 Å². The summed E-state index contributed by atoms with van der Waals surface area (Å²) in [6, 6.07) is 17.7. The minimum Gasteiger partial charge on any atom is -0.296 e. The average Bonchev–Trinajstić information content (AvgIpc) is 3.02. The Balaban J connectivity index is 1.61. The van der Waals surface area contributed by atoms with E-state index >= 15 is 0 Å². The van der Waals surface area contributed by atoms with Crippen LogP contribution in [0.3, 0.4) is 0 Å². The van der Waals surface area contributed by atoms with Gasteiger partial charge in [-0.05, 0) is 24.1 Å². The van der Waals surface area contributed by atoms with E-state index in [4.69, 9.17) is 0 Å². The monoisotopic (exact) mass is 341 g/mol. The van der Waals surface area contributed by atoms with Crippen molar-refractivity contribution < 1.29 is 4.79 Å². The Bertz CT molecular complexity index is 802. The van der Waals surface area contributed by atoms with Gasteiger partial charge in [0, 0.05) is 11.3 Å². The molecule has 0 saturated carbocycles. The minimum atomic E-state index is -0.154. The Morgan fingerprint density at radius 3 is 2.61 bits per heavy atom. The fourth-order valence-corrected chi connectivity index (χ4v) is 3.73. The summed E-state index contributed by atoms with van der Waals surface area (Å²) < 4.78 is 0.842. The van der Waals surface area contributed by atoms with Crippen LogP contribution < -0.4 is 5.32 Å². The number of hydrogen-bond acceptors (Lipinski definition) is 5. The molecule has 1 amide bonds. The maximum atomic E-state index is 12.2. The lowest BCUT2D eigenvalue weighted by Gasteiger charge is -2.03. The number of aromatic nitrogens is 2. The maximum Gasteiger partial charge on any atom is 0.257 e. The second-order valence-corrected chi connectivity index (χ2v) is 7.12. The topological polar surface area (TPSA) is 54.9 Å². The van der Waals surface area contributed by atoms with Gasteiger partial charge in [-0.25, -0.2) is 0 Å². The molecule has 3 rings (SSSR count). The van der Waals surface area contributed by atoms with Crippen LogP contribution in [0.1, 0.15) is 21.5 Å². The molecule has 3 aromatic rings. The number of hydrogen-bond donors (Lipinski definition) is 1. The van der Waals surface area contributed by atoms with Crippen molar-refractivity contribution in [3.63, 3.8) is 0 Å². The van der Waals surface area contributed by atoms with Gasteiger partial charge in [-0.2, -0.15) is 0 Å². The lowest BCUT2D eigenvalue weighted by atomic mass is 10.1. The van der Waals surface area contributed by atoms with Crippen LogP contribution >= 0.6 is 23.1 Å². The number of anilines is 1. The Hall–Kier alpha value is -2.18. The van der Waals surface area contributed by atoms with Crippen LogP contribution in [0.2, 0.25) is 0 Å². The molecule has 0 bridgehead atoms. The van der Waals surface area contributed by atoms with E-state index in [-0.39, 0.29) is 5.91 Å². The minimum absolute atomic E-state index is 0.154. The molecule has 1 aromatic heterocycles. The van der Waals surface area contributed by atoms with Gasteiger partial charge in [-0.3, -0.25) is 10.1 Å². The summed E-state index contributed by atoms with van der Waals surface area (Å²) in [4.78, 5) is 12.2. The number of carbonyl (C=O) groups is 1. The van der Waals surface area contributed by atoms with E-state index in [0.29, 0.717) is 10.7 Å². The van der Waals surface area contributed by atoms with Crippen LogP contribution in [-0.4, -0.2) is 16.1 Å². The predicted octanol–water partition coefficient (Wildman–Crippen LogP) is 4.39. The Labute approximate surface area is 143 Å². The van der Waals surface area contributed by atoms with Crippen LogP contribution in [0.15, 0.2) is 58.9 Å². The molecule has 0 aliphatic heterocycles. The van der Waals surface area contributed by atoms with Crippen molar-refractivity contribution in [3.8, 4) is 0 Å². The quantitative estimate of drug-likeness (QED) is 0.552. The first kappa shape index (κ1) is 15.7. The van der Waals surface area contributed by atoms with Gasteiger partial charge < -0.3 is 0 Å². The molecule has 4 nitrogen and oxygen atoms in total. The number of rotatable bonds is 5. The van der Waals surface area contributed by atoms with E-state index in [0.717, 1.165) is 15.7 Å². The molecule has 23 heavy (non-hydrogen) atoms. The van der Waals surface area contributed by atoms with Crippen molar-refractivity contribution in [1.29, 1.82) is 0 Å². The van der Waals surface area contributed by atoms with Gasteiger partial charge in [0.15, 0.2) is 4.34 Å². The fraction of sp³-hybridized carbons (Fsp3) is 0.118. The van der Waals surface area contributed by atoms with Crippen LogP contribution in [-0.2, 0) is 5.75 Å². The normalized spacial score (nSPS) is 10.5. The second-order valence-electron chi connectivity index (χ2n) is 4.92. The standard InChI is InChI=1S/C17H15N3OS2/c1-12-7-5-6-10-14(12)15(21)18-16-19-20-17(23-16)22-11-13-8-3-2-4-9-13/h2-10H,11H2,1H3,(H,18,19,21). The summed E-state index contributed by atoms with van der Waals surface area (Å²) in [6.45, 7) is 1.91. The molecule has 1 heterocycles. The Kier molecular flexibility index (Phi) is 5.05. The molecule has 0 atom stereocenters. The molecule has 0 aliphatic rings. The first-order chi connectivity index (χ1) is 11.2. The summed E-state index contributed by atoms with van der Waals surface area (Å²) in [5, 5.41) is 11.5. The van der Waals surface area contributed by atoms with Gasteiger partial charge in [0.05, 0.1) is 0 Å². The van der Waals surface area contributed by atoms with Gasteiger partial charge in [0.2, 0.25) is 5.13 Å². The number of nitrogens with one attached hydrogen (secondary N) is 1. The Morgan fingerprint density at radius 1 is 1.09 bits per heavy atom. The van der Waals surface area contributed by atoms with Crippen molar-refractivity contribution >= 4 is 34.1 Å². The van der Waals surface area contributed by atoms with Crippen LogP contribution in [0.25, 0.3) is 0 Å². The van der Waals surface area contributed by atoms with Crippen LogP contribution in [0, 0.1) is 6.92 Å². The SMILES string of the molecule is Cc1ccccc1C(=O)Nc1nnc(SCc2ccccc2)s1. The molecule has 0 spiro atoms. The molecular formula is C17H15N3OS2. The van der Waals surface area contributed by atoms with E-state index in [9.17, 15) is 4.79 Å². The summed E-state index contributed by atoms with van der Waals surface area (Å²) in [5.74, 6) is 0.681. The molecule has 0 radical (unpaired) electrons. The molecule has 1 N–H and O–H groups in total. The molecule has 0 fully saturated rings. The van der Waals surface area contributed by atoms with E-state index in [1.807, 2.05) is 43.3 Å². The first-order valence-corrected chi connectivity index (χ1v) is 8.90. The lowest BCUT2D eigenvalue weighted by Crippen LogP contribution is -2.12. The van der Waals surface area contributed by atoms with E-state index in [1.54, 1.807) is 17.8 Å². The van der Waals surface area contributed by atoms with Crippen molar-refractivity contribution in [1.82, 2.24) is 10.2 Å². The summed E-state index contributed by atoms with van der Waals surface area (Å²) in [5.41, 5.74) is 2.83. The molecule has 0 unspecified atom stereocenters. The number of aryl methyl sites for hydroxylation is 1. The number of benzene rings is 2. The number of nitrogens with zero attached hydrogens (tertiary/aromatic N) is 2. The highest BCUT2D eigenvalue weighted by Gasteiger charge is 2.12. The molecule has 0 saturated heterocycles. The van der Waals surface area contributed by atoms with E-state index in [1.165, 1.54) is 16.9 Å². The average molecular weight is 341 g/mol. The van der Waals surface area contributed by atoms with E-state index in [2.05, 4.69) is 27.6 Å². The molecule has 6 heteroatoms. The van der Waals surface area contributed by atoms with E-state index < -0.39 is 0 Å². The van der Waals surface area contributed by atoms with Crippen LogP contribution in [0.4, 0.5) is 5.13 Å². The summed E-state index contributed by atoms with van der Waals surface area (Å²) >= 11 is 3.00. The van der Waals surface area contributed by atoms with Crippen molar-refractivity contribution in [2.75, 3.05) is 5.32 Å².